The third-order valence-corrected chi connectivity index (χ3v) is 11.5. The number of benzene rings is 3. The number of aryl methyl sites for hydroxylation is 2. The number of thioether (sulfide) groups is 2. The lowest BCUT2D eigenvalue weighted by Crippen LogP contribution is -2.13. The van der Waals surface area contributed by atoms with Gasteiger partial charge in [0.2, 0.25) is 0 Å². The number of ether oxygens (including phenoxy) is 2. The Kier molecular flexibility index (Phi) is 12.4. The molecule has 0 aliphatic carbocycles. The number of aliphatic hydroxyl groups is 1. The van der Waals surface area contributed by atoms with Gasteiger partial charge in [-0.1, -0.05) is 35.7 Å². The van der Waals surface area contributed by atoms with E-state index in [4.69, 9.17) is 24.4 Å². The first-order valence-corrected chi connectivity index (χ1v) is 21.6. The standard InChI is InChI=1S/C26H25FN4O2S.C18H17FN4OS/c1-32-21-10-3-17(4-11-21)15-33-16-20-9-12-23-30-24(18-5-7-19(27)8-6-18)25(31(20)23)22-13-14-28-26(29-22)34-2;1-25-18-20-9-8-14(21-18)17-16(11-2-4-12(19)5-3-11)22-15-7-6-13(10-24)23(15)17/h3-8,10-11,13-14,20H,9,12,15-16H2,1-2H3;2-5,8-9,13,24H,6-7,10H2,1H3/t20-;13-/m00/s1. The molecule has 0 unspecified atom stereocenters. The van der Waals surface area contributed by atoms with Gasteiger partial charge in [-0.25, -0.2) is 38.7 Å². The second-order valence-corrected chi connectivity index (χ2v) is 15.5. The minimum Gasteiger partial charge on any atom is -0.497 e. The molecule has 6 heterocycles. The molecule has 302 valence electrons. The Morgan fingerprint density at radius 3 is 1.63 bits per heavy atom. The van der Waals surface area contributed by atoms with Crippen molar-refractivity contribution in [2.45, 2.75) is 54.7 Å². The van der Waals surface area contributed by atoms with Gasteiger partial charge in [-0.15, -0.1) is 0 Å². The lowest BCUT2D eigenvalue weighted by Gasteiger charge is -2.18. The Morgan fingerprint density at radius 2 is 1.15 bits per heavy atom. The van der Waals surface area contributed by atoms with Crippen LogP contribution in [0.5, 0.6) is 5.75 Å². The fourth-order valence-corrected chi connectivity index (χ4v) is 8.27. The first kappa shape index (κ1) is 40.3. The molecule has 59 heavy (non-hydrogen) atoms. The van der Waals surface area contributed by atoms with Gasteiger partial charge in [0, 0.05) is 36.4 Å². The molecule has 0 spiro atoms. The summed E-state index contributed by atoms with van der Waals surface area (Å²) in [4.78, 5) is 27.7. The molecule has 3 aromatic carbocycles. The van der Waals surface area contributed by atoms with Crippen LogP contribution in [0.2, 0.25) is 0 Å². The number of methoxy groups -OCH3 is 1. The van der Waals surface area contributed by atoms with Crippen molar-refractivity contribution in [2.75, 3.05) is 32.8 Å². The van der Waals surface area contributed by atoms with Gasteiger partial charge in [-0.05, 0) is 104 Å². The van der Waals surface area contributed by atoms with E-state index in [1.165, 1.54) is 47.8 Å². The van der Waals surface area contributed by atoms with Crippen LogP contribution in [0, 0.1) is 11.6 Å². The third kappa shape index (κ3) is 8.65. The Hall–Kier alpha value is -5.48. The van der Waals surface area contributed by atoms with Gasteiger partial charge in [0.05, 0.1) is 73.2 Å². The highest BCUT2D eigenvalue weighted by molar-refractivity contribution is 7.98. The molecule has 0 bridgehead atoms. The van der Waals surface area contributed by atoms with E-state index in [9.17, 15) is 13.9 Å². The summed E-state index contributed by atoms with van der Waals surface area (Å²) in [5.74, 6) is 2.20. The minimum atomic E-state index is -0.281. The number of aromatic nitrogens is 8. The van der Waals surface area contributed by atoms with Gasteiger partial charge in [0.25, 0.3) is 0 Å². The third-order valence-electron chi connectivity index (χ3n) is 10.4. The lowest BCUT2D eigenvalue weighted by molar-refractivity contribution is 0.0924. The Labute approximate surface area is 349 Å². The maximum atomic E-state index is 13.6. The van der Waals surface area contributed by atoms with Gasteiger partial charge >= 0.3 is 0 Å². The van der Waals surface area contributed by atoms with E-state index in [-0.39, 0.29) is 30.3 Å². The molecule has 7 aromatic rings. The van der Waals surface area contributed by atoms with Gasteiger partial charge in [-0.3, -0.25) is 0 Å². The highest BCUT2D eigenvalue weighted by atomic mass is 32.2. The van der Waals surface area contributed by atoms with Crippen molar-refractivity contribution in [3.63, 3.8) is 0 Å². The van der Waals surface area contributed by atoms with E-state index in [1.807, 2.05) is 48.9 Å². The lowest BCUT2D eigenvalue weighted by atomic mass is 10.1. The first-order valence-electron chi connectivity index (χ1n) is 19.2. The van der Waals surface area contributed by atoms with Crippen LogP contribution < -0.4 is 4.74 Å². The molecule has 4 aromatic heterocycles. The molecular weight excluding hydrogens is 791 g/mol. The van der Waals surface area contributed by atoms with Gasteiger partial charge in [0.1, 0.15) is 29.0 Å². The summed E-state index contributed by atoms with van der Waals surface area (Å²) in [6.45, 7) is 1.14. The van der Waals surface area contributed by atoms with E-state index in [2.05, 4.69) is 24.1 Å². The number of imidazole rings is 2. The predicted molar refractivity (Wildman–Crippen MR) is 225 cm³/mol. The van der Waals surface area contributed by atoms with Crippen molar-refractivity contribution in [1.82, 2.24) is 39.0 Å². The van der Waals surface area contributed by atoms with E-state index in [1.54, 1.807) is 43.8 Å². The molecule has 0 radical (unpaired) electrons. The summed E-state index contributed by atoms with van der Waals surface area (Å²) in [6, 6.07) is 24.6. The zero-order valence-electron chi connectivity index (χ0n) is 32.8. The van der Waals surface area contributed by atoms with Crippen LogP contribution in [-0.2, 0) is 24.2 Å². The van der Waals surface area contributed by atoms with Crippen LogP contribution in [0.3, 0.4) is 0 Å². The zero-order chi connectivity index (χ0) is 40.9. The number of halogens is 2. The molecule has 0 fully saturated rings. The van der Waals surface area contributed by atoms with E-state index >= 15 is 0 Å². The zero-order valence-corrected chi connectivity index (χ0v) is 34.4. The van der Waals surface area contributed by atoms with Crippen molar-refractivity contribution >= 4 is 23.5 Å². The summed E-state index contributed by atoms with van der Waals surface area (Å²) in [7, 11) is 1.66. The van der Waals surface area contributed by atoms with Gasteiger partial charge in [0.15, 0.2) is 10.3 Å². The number of aliphatic hydroxyl groups excluding tert-OH is 1. The highest BCUT2D eigenvalue weighted by Gasteiger charge is 2.32. The predicted octanol–water partition coefficient (Wildman–Crippen LogP) is 8.93. The van der Waals surface area contributed by atoms with Crippen molar-refractivity contribution in [2.24, 2.45) is 0 Å². The molecule has 0 amide bonds. The number of rotatable bonds is 12. The van der Waals surface area contributed by atoms with Crippen LogP contribution in [0.15, 0.2) is 108 Å². The van der Waals surface area contributed by atoms with Crippen molar-refractivity contribution in [1.29, 1.82) is 0 Å². The fraction of sp³-hybridized carbons (Fsp3) is 0.273. The number of hydrogen-bond donors (Lipinski definition) is 1. The van der Waals surface area contributed by atoms with Gasteiger partial charge in [-0.2, -0.15) is 0 Å². The van der Waals surface area contributed by atoms with Crippen molar-refractivity contribution < 1.29 is 23.4 Å². The molecule has 0 saturated carbocycles. The van der Waals surface area contributed by atoms with Gasteiger partial charge < -0.3 is 23.7 Å². The Morgan fingerprint density at radius 1 is 0.661 bits per heavy atom. The molecule has 15 heteroatoms. The van der Waals surface area contributed by atoms with Crippen molar-refractivity contribution in [3.05, 3.63) is 126 Å². The smallest absolute Gasteiger partial charge is 0.187 e. The fourth-order valence-electron chi connectivity index (χ4n) is 7.56. The average Bonchev–Trinajstić information content (AvgIpc) is 4.06. The monoisotopic (exact) mass is 832 g/mol. The molecular formula is C44H42F2N8O3S2. The van der Waals surface area contributed by atoms with E-state index < -0.39 is 0 Å². The summed E-state index contributed by atoms with van der Waals surface area (Å²) in [5, 5.41) is 11.1. The normalized spacial score (nSPS) is 15.4. The summed E-state index contributed by atoms with van der Waals surface area (Å²) < 4.78 is 42.6. The maximum absolute atomic E-state index is 13.6. The number of fused-ring (bicyclic) bond motifs is 2. The summed E-state index contributed by atoms with van der Waals surface area (Å²) in [6.07, 6.45) is 10.8. The van der Waals surface area contributed by atoms with Crippen LogP contribution in [0.1, 0.15) is 42.1 Å². The molecule has 2 aliphatic rings. The molecule has 2 atom stereocenters. The SMILES string of the molecule is COc1ccc(COC[C@@H]2CCc3nc(-c4ccc(F)cc4)c(-c4ccnc(SC)n4)n32)cc1.CSc1nccc(-c2c(-c3ccc(F)cc3)nc3n2[C@H](CO)CC3)n1. The average molecular weight is 833 g/mol. The maximum Gasteiger partial charge on any atom is 0.187 e. The molecule has 1 N–H and O–H groups in total. The Bertz CT molecular complexity index is 2530. The van der Waals surface area contributed by atoms with E-state index in [0.29, 0.717) is 23.5 Å². The van der Waals surface area contributed by atoms with Crippen LogP contribution in [-0.4, -0.2) is 77.0 Å². The number of hydrogen-bond acceptors (Lipinski definition) is 11. The molecule has 2 aliphatic heterocycles. The largest absolute Gasteiger partial charge is 0.497 e. The van der Waals surface area contributed by atoms with Crippen LogP contribution in [0.25, 0.3) is 45.3 Å². The second kappa shape index (κ2) is 18.2. The summed E-state index contributed by atoms with van der Waals surface area (Å²) >= 11 is 2.97. The summed E-state index contributed by atoms with van der Waals surface area (Å²) in [5.41, 5.74) is 7.71. The van der Waals surface area contributed by atoms with Crippen LogP contribution in [0.4, 0.5) is 8.78 Å². The van der Waals surface area contributed by atoms with E-state index in [0.717, 1.165) is 93.9 Å². The minimum absolute atomic E-state index is 0.0145. The highest BCUT2D eigenvalue weighted by Crippen LogP contribution is 2.41. The van der Waals surface area contributed by atoms with Crippen LogP contribution >= 0.6 is 23.5 Å². The molecule has 11 nitrogen and oxygen atoms in total. The molecule has 9 rings (SSSR count). The first-order chi connectivity index (χ1) is 28.9. The topological polar surface area (TPSA) is 126 Å². The Balaban J connectivity index is 0.000000172. The second-order valence-electron chi connectivity index (χ2n) is 14.0. The number of nitrogens with zero attached hydrogens (tertiary/aromatic N) is 8. The van der Waals surface area contributed by atoms with Crippen molar-refractivity contribution in [3.8, 4) is 51.0 Å². The molecule has 0 saturated heterocycles. The quantitative estimate of drug-likeness (QED) is 0.0937.